The minimum Gasteiger partial charge on any atom is -0.479 e. The molecule has 9 heteroatoms. The smallest absolute Gasteiger partial charge is 0.335 e. The number of piperidine rings is 1. The molecule has 1 fully saturated rings. The van der Waals surface area contributed by atoms with Crippen LogP contribution in [0.5, 0.6) is 0 Å². The van der Waals surface area contributed by atoms with Crippen LogP contribution in [0.15, 0.2) is 49.2 Å². The first-order chi connectivity index (χ1) is 18.2. The van der Waals surface area contributed by atoms with Crippen LogP contribution in [0, 0.1) is 11.8 Å². The number of rotatable bonds is 13. The van der Waals surface area contributed by atoms with Gasteiger partial charge in [-0.15, -0.1) is 6.58 Å². The molecule has 3 rings (SSSR count). The molecular formula is C29H40N2O7. The number of aliphatic hydroxyl groups is 2. The normalized spacial score (nSPS) is 19.1. The SMILES string of the molecule is C=CC1CN(CCCCCC)CCC1CCC(=O)c1ccnc2ccccc12.O=C(O)C(O)C(O)C(=O)O. The molecule has 2 heterocycles. The number of pyridine rings is 1. The van der Waals surface area contributed by atoms with Crippen molar-refractivity contribution in [3.05, 3.63) is 54.7 Å². The first-order valence-electron chi connectivity index (χ1n) is 13.2. The van der Waals surface area contributed by atoms with Crippen molar-refractivity contribution in [2.45, 2.75) is 64.1 Å². The number of hydrogen-bond acceptors (Lipinski definition) is 7. The van der Waals surface area contributed by atoms with Crippen molar-refractivity contribution < 1.29 is 34.8 Å². The Hall–Kier alpha value is -3.14. The van der Waals surface area contributed by atoms with Crippen molar-refractivity contribution >= 4 is 28.6 Å². The van der Waals surface area contributed by atoms with Crippen LogP contribution in [0.4, 0.5) is 0 Å². The number of likely N-dealkylation sites (tertiary alicyclic amines) is 1. The van der Waals surface area contributed by atoms with E-state index in [9.17, 15) is 14.4 Å². The number of ketones is 1. The van der Waals surface area contributed by atoms with Gasteiger partial charge in [0, 0.05) is 30.1 Å². The molecule has 1 aliphatic rings. The highest BCUT2D eigenvalue weighted by atomic mass is 16.4. The molecule has 0 bridgehead atoms. The van der Waals surface area contributed by atoms with Crippen molar-refractivity contribution in [3.8, 4) is 0 Å². The molecule has 2 aromatic rings. The van der Waals surface area contributed by atoms with Gasteiger partial charge in [0.25, 0.3) is 0 Å². The number of benzene rings is 1. The van der Waals surface area contributed by atoms with Gasteiger partial charge in [-0.3, -0.25) is 9.78 Å². The van der Waals surface area contributed by atoms with Crippen LogP contribution in [-0.4, -0.2) is 79.9 Å². The van der Waals surface area contributed by atoms with Crippen LogP contribution < -0.4 is 0 Å². The number of carboxylic acids is 2. The van der Waals surface area contributed by atoms with E-state index in [1.54, 1.807) is 6.20 Å². The number of nitrogens with zero attached hydrogens (tertiary/aromatic N) is 2. The molecular weight excluding hydrogens is 488 g/mol. The Morgan fingerprint density at radius 3 is 2.39 bits per heavy atom. The van der Waals surface area contributed by atoms with Gasteiger partial charge in [0.1, 0.15) is 0 Å². The number of para-hydroxylation sites is 1. The number of carbonyl (C=O) groups is 3. The largest absolute Gasteiger partial charge is 0.479 e. The second-order valence-electron chi connectivity index (χ2n) is 9.71. The Kier molecular flexibility index (Phi) is 13.1. The summed E-state index contributed by atoms with van der Waals surface area (Å²) in [6.07, 6.45) is 7.35. The van der Waals surface area contributed by atoms with E-state index in [4.69, 9.17) is 20.4 Å². The molecule has 1 aromatic carbocycles. The van der Waals surface area contributed by atoms with E-state index < -0.39 is 24.1 Å². The third-order valence-corrected chi connectivity index (χ3v) is 7.02. The van der Waals surface area contributed by atoms with Crippen molar-refractivity contribution in [2.24, 2.45) is 11.8 Å². The van der Waals surface area contributed by atoms with Crippen LogP contribution in [0.2, 0.25) is 0 Å². The Bertz CT molecular complexity index is 1050. The van der Waals surface area contributed by atoms with Crippen molar-refractivity contribution in [2.75, 3.05) is 19.6 Å². The Balaban J connectivity index is 0.000000432. The van der Waals surface area contributed by atoms with E-state index in [2.05, 4.69) is 29.5 Å². The monoisotopic (exact) mass is 528 g/mol. The molecule has 0 amide bonds. The lowest BCUT2D eigenvalue weighted by Crippen LogP contribution is -2.40. The number of Topliss-reactive ketones (excluding diaryl/α,β-unsaturated/α-hetero) is 1. The molecule has 4 atom stereocenters. The Morgan fingerprint density at radius 1 is 1.08 bits per heavy atom. The van der Waals surface area contributed by atoms with Gasteiger partial charge >= 0.3 is 11.9 Å². The number of fused-ring (bicyclic) bond motifs is 1. The highest BCUT2D eigenvalue weighted by Crippen LogP contribution is 2.30. The van der Waals surface area contributed by atoms with Crippen LogP contribution >= 0.6 is 0 Å². The van der Waals surface area contributed by atoms with Crippen LogP contribution in [0.25, 0.3) is 10.9 Å². The summed E-state index contributed by atoms with van der Waals surface area (Å²) >= 11 is 0. The second-order valence-corrected chi connectivity index (χ2v) is 9.71. The van der Waals surface area contributed by atoms with Gasteiger partial charge in [0.2, 0.25) is 0 Å². The zero-order valence-corrected chi connectivity index (χ0v) is 22.0. The Morgan fingerprint density at radius 2 is 1.76 bits per heavy atom. The molecule has 9 nitrogen and oxygen atoms in total. The lowest BCUT2D eigenvalue weighted by Gasteiger charge is -2.37. The molecule has 1 aromatic heterocycles. The Labute approximate surface area is 223 Å². The van der Waals surface area contributed by atoms with Gasteiger partial charge in [-0.1, -0.05) is 50.5 Å². The molecule has 4 N–H and O–H groups in total. The van der Waals surface area contributed by atoms with Crippen LogP contribution in [0.1, 0.15) is 62.2 Å². The minimum absolute atomic E-state index is 0.239. The van der Waals surface area contributed by atoms with E-state index in [1.807, 2.05) is 30.3 Å². The van der Waals surface area contributed by atoms with Crippen molar-refractivity contribution in [1.82, 2.24) is 9.88 Å². The zero-order chi connectivity index (χ0) is 28.1. The number of unbranched alkanes of at least 4 members (excludes halogenated alkanes) is 3. The number of carbonyl (C=O) groups excluding carboxylic acids is 1. The summed E-state index contributed by atoms with van der Waals surface area (Å²) in [7, 11) is 0. The molecule has 38 heavy (non-hydrogen) atoms. The van der Waals surface area contributed by atoms with Gasteiger partial charge in [-0.05, 0) is 56.3 Å². The molecule has 208 valence electrons. The third-order valence-electron chi connectivity index (χ3n) is 7.02. The minimum atomic E-state index is -2.27. The number of aromatic nitrogens is 1. The fraction of sp³-hybridized carbons (Fsp3) is 0.517. The lowest BCUT2D eigenvalue weighted by atomic mass is 9.81. The number of aliphatic hydroxyl groups excluding tert-OH is 2. The number of carboxylic acid groups (broad SMARTS) is 2. The first-order valence-corrected chi connectivity index (χ1v) is 13.2. The third kappa shape index (κ3) is 9.31. The average Bonchev–Trinajstić information content (AvgIpc) is 2.93. The maximum atomic E-state index is 12.9. The highest BCUT2D eigenvalue weighted by molar-refractivity contribution is 6.07. The standard InChI is InChI=1S/C25H34N2O.C4H6O6/c1-3-5-6-9-17-27-18-15-21(20(4-2)19-27)12-13-25(28)23-14-16-26-24-11-8-7-10-22(23)24;5-1(3(7)8)2(6)4(9)10/h4,7-8,10-11,14,16,20-21H,2-3,5-6,9,12-13,15,17-19H2,1H3;1-2,5-6H,(H,7,8)(H,9,10). The average molecular weight is 529 g/mol. The summed E-state index contributed by atoms with van der Waals surface area (Å²) in [6, 6.07) is 9.78. The fourth-order valence-electron chi connectivity index (χ4n) is 4.75. The molecule has 0 aliphatic carbocycles. The van der Waals surface area contributed by atoms with E-state index in [-0.39, 0.29) is 5.78 Å². The van der Waals surface area contributed by atoms with Gasteiger partial charge in [-0.25, -0.2) is 9.59 Å². The maximum Gasteiger partial charge on any atom is 0.335 e. The summed E-state index contributed by atoms with van der Waals surface area (Å²) in [5, 5.41) is 33.5. The van der Waals surface area contributed by atoms with Crippen molar-refractivity contribution in [1.29, 1.82) is 0 Å². The fourth-order valence-corrected chi connectivity index (χ4v) is 4.75. The van der Waals surface area contributed by atoms with E-state index in [1.165, 1.54) is 38.6 Å². The topological polar surface area (TPSA) is 148 Å². The number of aliphatic carboxylic acids is 2. The quantitative estimate of drug-likeness (QED) is 0.173. The van der Waals surface area contributed by atoms with E-state index in [0.29, 0.717) is 18.3 Å². The summed E-state index contributed by atoms with van der Waals surface area (Å²) in [5.74, 6) is -2.23. The van der Waals surface area contributed by atoms with Crippen molar-refractivity contribution in [3.63, 3.8) is 0 Å². The molecule has 1 aliphatic heterocycles. The zero-order valence-electron chi connectivity index (χ0n) is 22.0. The number of hydrogen-bond donors (Lipinski definition) is 4. The predicted molar refractivity (Wildman–Crippen MR) is 145 cm³/mol. The van der Waals surface area contributed by atoms with Crippen LogP contribution in [-0.2, 0) is 9.59 Å². The predicted octanol–water partition coefficient (Wildman–Crippen LogP) is 3.78. The lowest BCUT2D eigenvalue weighted by molar-refractivity contribution is -0.165. The van der Waals surface area contributed by atoms with E-state index in [0.717, 1.165) is 36.0 Å². The van der Waals surface area contributed by atoms with Gasteiger partial charge in [-0.2, -0.15) is 0 Å². The first kappa shape index (κ1) is 31.1. The highest BCUT2D eigenvalue weighted by Gasteiger charge is 2.29. The summed E-state index contributed by atoms with van der Waals surface area (Å²) < 4.78 is 0. The molecule has 4 unspecified atom stereocenters. The van der Waals surface area contributed by atoms with Gasteiger partial charge in [0.15, 0.2) is 18.0 Å². The second kappa shape index (κ2) is 16.0. The summed E-state index contributed by atoms with van der Waals surface area (Å²) in [6.45, 7) is 9.82. The summed E-state index contributed by atoms with van der Waals surface area (Å²) in [5.41, 5.74) is 1.71. The van der Waals surface area contributed by atoms with Gasteiger partial charge in [0.05, 0.1) is 5.52 Å². The molecule has 1 saturated heterocycles. The van der Waals surface area contributed by atoms with Gasteiger partial charge < -0.3 is 25.3 Å². The molecule has 0 saturated carbocycles. The summed E-state index contributed by atoms with van der Waals surface area (Å²) in [4.78, 5) is 39.4. The van der Waals surface area contributed by atoms with Crippen LogP contribution in [0.3, 0.4) is 0 Å². The maximum absolute atomic E-state index is 12.9. The molecule has 0 radical (unpaired) electrons. The van der Waals surface area contributed by atoms with E-state index >= 15 is 0 Å². The molecule has 0 spiro atoms.